The zero-order chi connectivity index (χ0) is 9.80. The molecule has 0 fully saturated rings. The molecule has 0 aliphatic carbocycles. The number of hydrogen-bond donors (Lipinski definition) is 0. The Balaban J connectivity index is 2.24. The van der Waals surface area contributed by atoms with Crippen LogP contribution in [-0.4, -0.2) is 0 Å². The number of alkyl halides is 1. The van der Waals surface area contributed by atoms with Gasteiger partial charge in [-0.05, 0) is 5.56 Å². The van der Waals surface area contributed by atoms with Crippen LogP contribution in [0.25, 0.3) is 0 Å². The quantitative estimate of drug-likeness (QED) is 0.595. The lowest BCUT2D eigenvalue weighted by molar-refractivity contribution is -0.683. The summed E-state index contributed by atoms with van der Waals surface area (Å²) in [6, 6.07) is 8.52. The van der Waals surface area contributed by atoms with Crippen LogP contribution >= 0.6 is 27.3 Å². The molecule has 0 saturated carbocycles. The molecule has 0 amide bonds. The standard InChI is InChI=1S/C11H11BrNS/c12-7-10-3-1-2-4-11(10)8-13-5-6-14-9-13/h1-6,9H,7-8H2/q+1. The zero-order valence-electron chi connectivity index (χ0n) is 7.69. The van der Waals surface area contributed by atoms with Crippen molar-refractivity contribution in [2.75, 3.05) is 0 Å². The van der Waals surface area contributed by atoms with Crippen molar-refractivity contribution in [3.8, 4) is 0 Å². The van der Waals surface area contributed by atoms with E-state index >= 15 is 0 Å². The number of benzene rings is 1. The van der Waals surface area contributed by atoms with Gasteiger partial charge in [0.2, 0.25) is 5.51 Å². The Morgan fingerprint density at radius 1 is 1.21 bits per heavy atom. The first-order valence-corrected chi connectivity index (χ1v) is 6.50. The lowest BCUT2D eigenvalue weighted by Crippen LogP contribution is -2.30. The predicted molar refractivity (Wildman–Crippen MR) is 62.7 cm³/mol. The third-order valence-electron chi connectivity index (χ3n) is 2.14. The van der Waals surface area contributed by atoms with Gasteiger partial charge in [0.05, 0.1) is 5.38 Å². The highest BCUT2D eigenvalue weighted by atomic mass is 79.9. The van der Waals surface area contributed by atoms with Gasteiger partial charge >= 0.3 is 0 Å². The molecule has 0 bridgehead atoms. The Morgan fingerprint density at radius 2 is 2.00 bits per heavy atom. The topological polar surface area (TPSA) is 3.88 Å². The van der Waals surface area contributed by atoms with Crippen LogP contribution < -0.4 is 4.57 Å². The van der Waals surface area contributed by atoms with E-state index in [-0.39, 0.29) is 0 Å². The monoisotopic (exact) mass is 268 g/mol. The minimum atomic E-state index is 0.924. The van der Waals surface area contributed by atoms with Gasteiger partial charge < -0.3 is 0 Å². The molecule has 0 aliphatic rings. The van der Waals surface area contributed by atoms with Crippen LogP contribution in [0, 0.1) is 0 Å². The fourth-order valence-corrected chi connectivity index (χ4v) is 2.54. The van der Waals surface area contributed by atoms with E-state index in [0.717, 1.165) is 11.9 Å². The first-order chi connectivity index (χ1) is 6.90. The Hall–Kier alpha value is -0.670. The molecule has 1 nitrogen and oxygen atoms in total. The van der Waals surface area contributed by atoms with Crippen LogP contribution in [0.1, 0.15) is 11.1 Å². The number of halogens is 1. The van der Waals surface area contributed by atoms with Crippen molar-refractivity contribution in [2.45, 2.75) is 11.9 Å². The number of thiazole rings is 1. The Morgan fingerprint density at radius 3 is 2.64 bits per heavy atom. The molecular formula is C11H11BrNS+. The minimum Gasteiger partial charge on any atom is -0.191 e. The van der Waals surface area contributed by atoms with Crippen LogP contribution in [0.4, 0.5) is 0 Å². The molecule has 2 aromatic rings. The average Bonchev–Trinajstić information content (AvgIpc) is 2.71. The lowest BCUT2D eigenvalue weighted by Gasteiger charge is -2.01. The van der Waals surface area contributed by atoms with Crippen molar-refractivity contribution < 1.29 is 4.57 Å². The zero-order valence-corrected chi connectivity index (χ0v) is 10.1. The van der Waals surface area contributed by atoms with E-state index in [2.05, 4.69) is 61.8 Å². The van der Waals surface area contributed by atoms with E-state index in [1.54, 1.807) is 11.3 Å². The highest BCUT2D eigenvalue weighted by molar-refractivity contribution is 9.08. The Kier molecular flexibility index (Phi) is 3.32. The largest absolute Gasteiger partial charge is 0.224 e. The highest BCUT2D eigenvalue weighted by Crippen LogP contribution is 2.12. The van der Waals surface area contributed by atoms with Gasteiger partial charge in [-0.2, -0.15) is 4.57 Å². The molecule has 0 aliphatic heterocycles. The summed E-state index contributed by atoms with van der Waals surface area (Å²) in [5, 5.41) is 3.02. The summed E-state index contributed by atoms with van der Waals surface area (Å²) in [4.78, 5) is 0. The molecule has 72 valence electrons. The van der Waals surface area contributed by atoms with E-state index < -0.39 is 0 Å². The van der Waals surface area contributed by atoms with Gasteiger partial charge in [0.15, 0.2) is 12.7 Å². The summed E-state index contributed by atoms with van der Waals surface area (Å²) in [6.07, 6.45) is 2.11. The van der Waals surface area contributed by atoms with Crippen LogP contribution in [0.2, 0.25) is 0 Å². The molecular weight excluding hydrogens is 258 g/mol. The maximum atomic E-state index is 3.51. The van der Waals surface area contributed by atoms with Gasteiger partial charge in [0, 0.05) is 10.9 Å². The molecule has 0 saturated heterocycles. The smallest absolute Gasteiger partial charge is 0.191 e. The lowest BCUT2D eigenvalue weighted by atomic mass is 10.1. The molecule has 1 aromatic heterocycles. The van der Waals surface area contributed by atoms with E-state index in [0.29, 0.717) is 0 Å². The van der Waals surface area contributed by atoms with Gasteiger partial charge in [-0.15, -0.1) is 0 Å². The Labute approximate surface area is 96.2 Å². The second-order valence-corrected chi connectivity index (χ2v) is 4.42. The molecule has 0 unspecified atom stereocenters. The summed E-state index contributed by atoms with van der Waals surface area (Å²) in [6.45, 7) is 0.964. The van der Waals surface area contributed by atoms with E-state index in [1.807, 2.05) is 0 Å². The van der Waals surface area contributed by atoms with E-state index in [4.69, 9.17) is 0 Å². The molecule has 0 spiro atoms. The van der Waals surface area contributed by atoms with E-state index in [9.17, 15) is 0 Å². The summed E-state index contributed by atoms with van der Waals surface area (Å²) in [7, 11) is 0. The fraction of sp³-hybridized carbons (Fsp3) is 0.182. The summed E-state index contributed by atoms with van der Waals surface area (Å²) in [5.74, 6) is 0. The van der Waals surface area contributed by atoms with E-state index in [1.165, 1.54) is 11.1 Å². The Bertz CT molecular complexity index is 397. The van der Waals surface area contributed by atoms with Crippen molar-refractivity contribution in [1.29, 1.82) is 0 Å². The first-order valence-electron chi connectivity index (χ1n) is 4.44. The predicted octanol–water partition coefficient (Wildman–Crippen LogP) is 2.98. The number of hydrogen-bond acceptors (Lipinski definition) is 1. The van der Waals surface area contributed by atoms with Gasteiger partial charge in [-0.25, -0.2) is 0 Å². The highest BCUT2D eigenvalue weighted by Gasteiger charge is 2.06. The first kappa shape index (κ1) is 9.87. The SMILES string of the molecule is BrCc1ccccc1C[n+]1ccsc1. The maximum absolute atomic E-state index is 3.51. The van der Waals surface area contributed by atoms with Crippen molar-refractivity contribution in [3.05, 3.63) is 52.5 Å². The number of rotatable bonds is 3. The van der Waals surface area contributed by atoms with Crippen molar-refractivity contribution in [2.24, 2.45) is 0 Å². The van der Waals surface area contributed by atoms with Crippen LogP contribution in [0.5, 0.6) is 0 Å². The van der Waals surface area contributed by atoms with Crippen molar-refractivity contribution in [3.63, 3.8) is 0 Å². The van der Waals surface area contributed by atoms with Crippen molar-refractivity contribution in [1.82, 2.24) is 0 Å². The van der Waals surface area contributed by atoms with Gasteiger partial charge in [0.25, 0.3) is 0 Å². The van der Waals surface area contributed by atoms with Gasteiger partial charge in [-0.1, -0.05) is 51.5 Å². The van der Waals surface area contributed by atoms with Crippen LogP contribution in [0.3, 0.4) is 0 Å². The molecule has 2 rings (SSSR count). The van der Waals surface area contributed by atoms with Crippen LogP contribution in [-0.2, 0) is 11.9 Å². The second-order valence-electron chi connectivity index (χ2n) is 3.10. The normalized spacial score (nSPS) is 10.4. The molecule has 0 N–H and O–H groups in total. The number of nitrogens with zero attached hydrogens (tertiary/aromatic N) is 1. The molecule has 1 aromatic carbocycles. The minimum absolute atomic E-state index is 0.924. The molecule has 14 heavy (non-hydrogen) atoms. The van der Waals surface area contributed by atoms with Gasteiger partial charge in [0.1, 0.15) is 0 Å². The molecule has 0 radical (unpaired) electrons. The summed E-state index contributed by atoms with van der Waals surface area (Å²) >= 11 is 5.23. The maximum Gasteiger partial charge on any atom is 0.224 e. The van der Waals surface area contributed by atoms with Crippen molar-refractivity contribution >= 4 is 27.3 Å². The number of aromatic nitrogens is 1. The third-order valence-corrected chi connectivity index (χ3v) is 3.42. The molecule has 3 heteroatoms. The third kappa shape index (κ3) is 2.22. The van der Waals surface area contributed by atoms with Gasteiger partial charge in [-0.3, -0.25) is 0 Å². The van der Waals surface area contributed by atoms with Crippen LogP contribution in [0.15, 0.2) is 41.4 Å². The summed E-state index contributed by atoms with van der Waals surface area (Å²) in [5.41, 5.74) is 4.88. The summed E-state index contributed by atoms with van der Waals surface area (Å²) < 4.78 is 2.20. The molecule has 0 atom stereocenters. The second kappa shape index (κ2) is 4.71. The average molecular weight is 269 g/mol. The fourth-order valence-electron chi connectivity index (χ4n) is 1.39. The molecule has 1 heterocycles.